The Labute approximate surface area is 180 Å². The average molecular weight is 433 g/mol. The maximum Gasteiger partial charge on any atom is 0.416 e. The second-order valence-electron chi connectivity index (χ2n) is 8.04. The summed E-state index contributed by atoms with van der Waals surface area (Å²) in [5.41, 5.74) is 0.698. The van der Waals surface area contributed by atoms with E-state index in [4.69, 9.17) is 4.74 Å². The van der Waals surface area contributed by atoms with Gasteiger partial charge in [0.15, 0.2) is 6.10 Å². The van der Waals surface area contributed by atoms with Crippen molar-refractivity contribution in [3.05, 3.63) is 54.1 Å². The number of halogens is 3. The second kappa shape index (κ2) is 8.78. The van der Waals surface area contributed by atoms with E-state index in [2.05, 4.69) is 16.8 Å². The minimum absolute atomic E-state index is 0.223. The molecular formula is C23H26F3N3O2. The molecule has 0 bridgehead atoms. The molecule has 2 aliphatic heterocycles. The van der Waals surface area contributed by atoms with Crippen molar-refractivity contribution in [2.24, 2.45) is 0 Å². The van der Waals surface area contributed by atoms with E-state index in [0.717, 1.165) is 44.0 Å². The Morgan fingerprint density at radius 2 is 1.61 bits per heavy atom. The van der Waals surface area contributed by atoms with E-state index < -0.39 is 17.8 Å². The number of hydrogen-bond donors (Lipinski definition) is 0. The van der Waals surface area contributed by atoms with Gasteiger partial charge in [-0.2, -0.15) is 13.2 Å². The summed E-state index contributed by atoms with van der Waals surface area (Å²) in [7, 11) is 2.09. The third-order valence-electron chi connectivity index (χ3n) is 5.87. The molecule has 5 nitrogen and oxygen atoms in total. The molecule has 31 heavy (non-hydrogen) atoms. The molecule has 8 heteroatoms. The Hall–Kier alpha value is -2.74. The predicted molar refractivity (Wildman–Crippen MR) is 114 cm³/mol. The van der Waals surface area contributed by atoms with Gasteiger partial charge in [-0.1, -0.05) is 12.1 Å². The number of nitrogens with zero attached hydrogens (tertiary/aromatic N) is 3. The minimum Gasteiger partial charge on any atom is -0.478 e. The van der Waals surface area contributed by atoms with Crippen LogP contribution in [0.15, 0.2) is 48.5 Å². The van der Waals surface area contributed by atoms with Gasteiger partial charge < -0.3 is 19.4 Å². The quantitative estimate of drug-likeness (QED) is 0.730. The van der Waals surface area contributed by atoms with Crippen LogP contribution in [0.3, 0.4) is 0 Å². The molecule has 0 aliphatic carbocycles. The number of rotatable bonds is 4. The Kier molecular flexibility index (Phi) is 6.09. The topological polar surface area (TPSA) is 36.0 Å². The second-order valence-corrected chi connectivity index (χ2v) is 8.04. The Morgan fingerprint density at radius 1 is 0.935 bits per heavy atom. The number of amides is 1. The first-order valence-corrected chi connectivity index (χ1v) is 10.5. The number of anilines is 2. The van der Waals surface area contributed by atoms with Crippen LogP contribution in [0.25, 0.3) is 0 Å². The number of carbonyl (C=O) groups is 1. The molecule has 2 fully saturated rings. The standard InChI is InChI=1S/C23H26F3N3O2/c1-27-13-15-28(16-14-27)19-5-2-3-6-20(19)31-21-7-4-12-29(22(21)30)18-10-8-17(9-11-18)23(24,25)26/h2-3,5-6,8-11,21H,4,7,12-16H2,1H3. The van der Waals surface area contributed by atoms with Crippen LogP contribution in [0.2, 0.25) is 0 Å². The lowest BCUT2D eigenvalue weighted by Crippen LogP contribution is -2.47. The molecule has 2 saturated heterocycles. The Morgan fingerprint density at radius 3 is 2.29 bits per heavy atom. The van der Waals surface area contributed by atoms with E-state index >= 15 is 0 Å². The number of likely N-dealkylation sites (N-methyl/N-ethyl adjacent to an activating group) is 1. The van der Waals surface area contributed by atoms with Crippen LogP contribution < -0.4 is 14.5 Å². The first-order chi connectivity index (χ1) is 14.8. The molecule has 166 valence electrons. The van der Waals surface area contributed by atoms with Crippen LogP contribution in [0.1, 0.15) is 18.4 Å². The third-order valence-corrected chi connectivity index (χ3v) is 5.87. The summed E-state index contributed by atoms with van der Waals surface area (Å²) in [5.74, 6) is 0.443. The van der Waals surface area contributed by atoms with Crippen molar-refractivity contribution in [3.63, 3.8) is 0 Å². The van der Waals surface area contributed by atoms with Gasteiger partial charge in [0, 0.05) is 38.4 Å². The lowest BCUT2D eigenvalue weighted by Gasteiger charge is -2.36. The third kappa shape index (κ3) is 4.79. The van der Waals surface area contributed by atoms with E-state index in [9.17, 15) is 18.0 Å². The van der Waals surface area contributed by atoms with Gasteiger partial charge >= 0.3 is 6.18 Å². The number of hydrogen-bond acceptors (Lipinski definition) is 4. The first kappa shape index (κ1) is 21.5. The van der Waals surface area contributed by atoms with Gasteiger partial charge in [0.2, 0.25) is 0 Å². The number of alkyl halides is 3. The van der Waals surface area contributed by atoms with Gasteiger partial charge in [-0.15, -0.1) is 0 Å². The van der Waals surface area contributed by atoms with Crippen molar-refractivity contribution < 1.29 is 22.7 Å². The minimum atomic E-state index is -4.40. The molecule has 1 unspecified atom stereocenters. The number of piperidine rings is 1. The van der Waals surface area contributed by atoms with Crippen molar-refractivity contribution in [1.29, 1.82) is 0 Å². The summed E-state index contributed by atoms with van der Waals surface area (Å²) in [4.78, 5) is 19.2. The van der Waals surface area contributed by atoms with E-state index in [-0.39, 0.29) is 5.91 Å². The first-order valence-electron chi connectivity index (χ1n) is 10.5. The predicted octanol–water partition coefficient (Wildman–Crippen LogP) is 4.03. The molecule has 4 rings (SSSR count). The molecule has 1 atom stereocenters. The zero-order chi connectivity index (χ0) is 22.0. The van der Waals surface area contributed by atoms with Crippen molar-refractivity contribution >= 4 is 17.3 Å². The van der Waals surface area contributed by atoms with Gasteiger partial charge in [-0.25, -0.2) is 0 Å². The van der Waals surface area contributed by atoms with Gasteiger partial charge in [0.05, 0.1) is 11.3 Å². The number of ether oxygens (including phenoxy) is 1. The molecule has 0 saturated carbocycles. The van der Waals surface area contributed by atoms with Crippen molar-refractivity contribution in [1.82, 2.24) is 4.90 Å². The van der Waals surface area contributed by atoms with Crippen LogP contribution >= 0.6 is 0 Å². The highest BCUT2D eigenvalue weighted by atomic mass is 19.4. The lowest BCUT2D eigenvalue weighted by atomic mass is 10.1. The summed E-state index contributed by atoms with van der Waals surface area (Å²) >= 11 is 0. The van der Waals surface area contributed by atoms with Crippen LogP contribution in [0.4, 0.5) is 24.5 Å². The van der Waals surface area contributed by atoms with E-state index in [1.807, 2.05) is 24.3 Å². The SMILES string of the molecule is CN1CCN(c2ccccc2OC2CCCN(c3ccc(C(F)(F)F)cc3)C2=O)CC1. The number of benzene rings is 2. The highest BCUT2D eigenvalue weighted by Crippen LogP contribution is 2.33. The highest BCUT2D eigenvalue weighted by molar-refractivity contribution is 5.97. The normalized spacial score (nSPS) is 20.8. The van der Waals surface area contributed by atoms with E-state index in [0.29, 0.717) is 30.8 Å². The zero-order valence-electron chi connectivity index (χ0n) is 17.4. The molecule has 0 aromatic heterocycles. The van der Waals surface area contributed by atoms with Gasteiger partial charge in [0.25, 0.3) is 5.91 Å². The summed E-state index contributed by atoms with van der Waals surface area (Å²) in [6.45, 7) is 4.14. The molecule has 0 spiro atoms. The van der Waals surface area contributed by atoms with Crippen molar-refractivity contribution in [2.45, 2.75) is 25.1 Å². The van der Waals surface area contributed by atoms with E-state index in [1.54, 1.807) is 0 Å². The highest BCUT2D eigenvalue weighted by Gasteiger charge is 2.34. The number of piperazine rings is 1. The molecule has 2 heterocycles. The maximum absolute atomic E-state index is 13.1. The largest absolute Gasteiger partial charge is 0.478 e. The number of carbonyl (C=O) groups excluding carboxylic acids is 1. The van der Waals surface area contributed by atoms with Gasteiger partial charge in [-0.05, 0) is 56.3 Å². The molecule has 2 aromatic rings. The summed E-state index contributed by atoms with van der Waals surface area (Å²) in [5, 5.41) is 0. The fourth-order valence-electron chi connectivity index (χ4n) is 4.06. The molecule has 0 radical (unpaired) electrons. The van der Waals surface area contributed by atoms with Crippen LogP contribution in [-0.2, 0) is 11.0 Å². The zero-order valence-corrected chi connectivity index (χ0v) is 17.4. The molecular weight excluding hydrogens is 407 g/mol. The maximum atomic E-state index is 13.1. The smallest absolute Gasteiger partial charge is 0.416 e. The van der Waals surface area contributed by atoms with Gasteiger partial charge in [0.1, 0.15) is 5.75 Å². The fourth-order valence-corrected chi connectivity index (χ4v) is 4.06. The summed E-state index contributed by atoms with van der Waals surface area (Å²) in [6, 6.07) is 12.4. The lowest BCUT2D eigenvalue weighted by molar-refractivity contribution is -0.137. The van der Waals surface area contributed by atoms with E-state index in [1.165, 1.54) is 17.0 Å². The molecule has 2 aromatic carbocycles. The van der Waals surface area contributed by atoms with Crippen molar-refractivity contribution in [2.75, 3.05) is 49.6 Å². The Balaban J connectivity index is 1.49. The summed E-state index contributed by atoms with van der Waals surface area (Å²) in [6.07, 6.45) is -3.77. The monoisotopic (exact) mass is 433 g/mol. The molecule has 2 aliphatic rings. The fraction of sp³-hybridized carbons (Fsp3) is 0.435. The Bertz CT molecular complexity index is 909. The van der Waals surface area contributed by atoms with Crippen LogP contribution in [0, 0.1) is 0 Å². The average Bonchev–Trinajstić information content (AvgIpc) is 2.76. The van der Waals surface area contributed by atoms with Crippen LogP contribution in [0.5, 0.6) is 5.75 Å². The molecule has 1 amide bonds. The molecule has 0 N–H and O–H groups in total. The van der Waals surface area contributed by atoms with Gasteiger partial charge in [-0.3, -0.25) is 4.79 Å². The summed E-state index contributed by atoms with van der Waals surface area (Å²) < 4.78 is 44.7. The van der Waals surface area contributed by atoms with Crippen LogP contribution in [-0.4, -0.2) is 56.7 Å². The number of para-hydroxylation sites is 2. The van der Waals surface area contributed by atoms with Crippen molar-refractivity contribution in [3.8, 4) is 5.75 Å².